The summed E-state index contributed by atoms with van der Waals surface area (Å²) in [5.74, 6) is -0.179. The SMILES string of the molecule is CC[C@H](C)NC(=O)[C@@H](C)N(Cc1cccc(Cl)c1)C(=O)CN(c1ccc2c(c1)OCO2)S(=O)(=O)CC. The minimum Gasteiger partial charge on any atom is -0.454 e. The van der Waals surface area contributed by atoms with Gasteiger partial charge in [-0.3, -0.25) is 13.9 Å². The van der Waals surface area contributed by atoms with E-state index in [0.717, 1.165) is 10.7 Å². The molecule has 0 saturated heterocycles. The molecule has 0 saturated carbocycles. The topological polar surface area (TPSA) is 105 Å². The largest absolute Gasteiger partial charge is 0.454 e. The third kappa shape index (κ3) is 6.61. The van der Waals surface area contributed by atoms with Gasteiger partial charge in [-0.05, 0) is 57.0 Å². The maximum Gasteiger partial charge on any atom is 0.244 e. The van der Waals surface area contributed by atoms with Gasteiger partial charge in [0.15, 0.2) is 11.5 Å². The van der Waals surface area contributed by atoms with Crippen molar-refractivity contribution >= 4 is 39.1 Å². The van der Waals surface area contributed by atoms with E-state index in [0.29, 0.717) is 22.1 Å². The first kappa shape index (κ1) is 27.6. The lowest BCUT2D eigenvalue weighted by atomic mass is 10.1. The molecule has 11 heteroatoms. The Kier molecular flexibility index (Phi) is 9.08. The number of halogens is 1. The summed E-state index contributed by atoms with van der Waals surface area (Å²) in [5, 5.41) is 3.39. The zero-order valence-corrected chi connectivity index (χ0v) is 22.4. The average Bonchev–Trinajstić information content (AvgIpc) is 3.33. The van der Waals surface area contributed by atoms with E-state index in [1.807, 2.05) is 13.8 Å². The fourth-order valence-electron chi connectivity index (χ4n) is 3.64. The number of carbonyl (C=O) groups is 2. The molecule has 1 aliphatic heterocycles. The summed E-state index contributed by atoms with van der Waals surface area (Å²) >= 11 is 6.13. The number of carbonyl (C=O) groups excluding carboxylic acids is 2. The Morgan fingerprint density at radius 3 is 2.47 bits per heavy atom. The highest BCUT2D eigenvalue weighted by atomic mass is 35.5. The highest BCUT2D eigenvalue weighted by molar-refractivity contribution is 7.92. The van der Waals surface area contributed by atoms with Crippen molar-refractivity contribution in [2.75, 3.05) is 23.4 Å². The smallest absolute Gasteiger partial charge is 0.244 e. The lowest BCUT2D eigenvalue weighted by Crippen LogP contribution is -2.52. The van der Waals surface area contributed by atoms with Crippen molar-refractivity contribution in [1.29, 1.82) is 0 Å². The summed E-state index contributed by atoms with van der Waals surface area (Å²) in [6, 6.07) is 10.7. The maximum absolute atomic E-state index is 13.7. The minimum atomic E-state index is -3.84. The van der Waals surface area contributed by atoms with E-state index in [1.54, 1.807) is 43.3 Å². The first-order valence-electron chi connectivity index (χ1n) is 11.8. The van der Waals surface area contributed by atoms with E-state index in [9.17, 15) is 18.0 Å². The van der Waals surface area contributed by atoms with Gasteiger partial charge in [0.05, 0.1) is 11.4 Å². The van der Waals surface area contributed by atoms with Gasteiger partial charge < -0.3 is 19.7 Å². The van der Waals surface area contributed by atoms with Gasteiger partial charge in [0.2, 0.25) is 28.6 Å². The van der Waals surface area contributed by atoms with E-state index < -0.39 is 28.5 Å². The molecule has 0 aromatic heterocycles. The van der Waals surface area contributed by atoms with Crippen LogP contribution in [-0.4, -0.2) is 56.3 Å². The van der Waals surface area contributed by atoms with Crippen molar-refractivity contribution in [3.63, 3.8) is 0 Å². The van der Waals surface area contributed by atoms with E-state index >= 15 is 0 Å². The van der Waals surface area contributed by atoms with Crippen LogP contribution in [0.15, 0.2) is 42.5 Å². The summed E-state index contributed by atoms with van der Waals surface area (Å²) in [7, 11) is -3.84. The highest BCUT2D eigenvalue weighted by Gasteiger charge is 2.32. The van der Waals surface area contributed by atoms with Gasteiger partial charge in [-0.2, -0.15) is 0 Å². The van der Waals surface area contributed by atoms with E-state index in [4.69, 9.17) is 21.1 Å². The number of ether oxygens (including phenoxy) is 2. The summed E-state index contributed by atoms with van der Waals surface area (Å²) in [6.45, 7) is 6.58. The number of nitrogens with zero attached hydrogens (tertiary/aromatic N) is 2. The Bertz CT molecular complexity index is 1210. The Morgan fingerprint density at radius 2 is 1.81 bits per heavy atom. The van der Waals surface area contributed by atoms with Crippen LogP contribution in [0, 0.1) is 0 Å². The van der Waals surface area contributed by atoms with Crippen LogP contribution >= 0.6 is 11.6 Å². The molecule has 0 radical (unpaired) electrons. The van der Waals surface area contributed by atoms with Crippen LogP contribution in [-0.2, 0) is 26.2 Å². The van der Waals surface area contributed by atoms with Crippen molar-refractivity contribution < 1.29 is 27.5 Å². The summed E-state index contributed by atoms with van der Waals surface area (Å²) < 4.78 is 37.8. The van der Waals surface area contributed by atoms with Gasteiger partial charge in [0, 0.05) is 23.7 Å². The number of hydrogen-bond donors (Lipinski definition) is 1. The van der Waals surface area contributed by atoms with Crippen molar-refractivity contribution in [1.82, 2.24) is 10.2 Å². The van der Waals surface area contributed by atoms with Crippen LogP contribution in [0.25, 0.3) is 0 Å². The Hall–Kier alpha value is -2.98. The van der Waals surface area contributed by atoms with Crippen LogP contribution in [0.3, 0.4) is 0 Å². The van der Waals surface area contributed by atoms with Gasteiger partial charge in [0.25, 0.3) is 0 Å². The van der Waals surface area contributed by atoms with Crippen LogP contribution < -0.4 is 19.1 Å². The van der Waals surface area contributed by atoms with Crippen molar-refractivity contribution in [3.05, 3.63) is 53.1 Å². The predicted octanol–water partition coefficient (Wildman–Crippen LogP) is 3.56. The third-order valence-electron chi connectivity index (χ3n) is 6.03. The lowest BCUT2D eigenvalue weighted by Gasteiger charge is -2.32. The molecule has 0 spiro atoms. The molecule has 2 atom stereocenters. The van der Waals surface area contributed by atoms with Gasteiger partial charge in [-0.15, -0.1) is 0 Å². The van der Waals surface area contributed by atoms with Crippen LogP contribution in [0.2, 0.25) is 5.02 Å². The molecule has 3 rings (SSSR count). The zero-order chi connectivity index (χ0) is 26.5. The maximum atomic E-state index is 13.7. The number of anilines is 1. The number of benzene rings is 2. The van der Waals surface area contributed by atoms with Gasteiger partial charge in [-0.1, -0.05) is 30.7 Å². The molecule has 1 heterocycles. The number of fused-ring (bicyclic) bond motifs is 1. The molecule has 0 aliphatic carbocycles. The second kappa shape index (κ2) is 11.8. The van der Waals surface area contributed by atoms with Crippen molar-refractivity contribution in [3.8, 4) is 11.5 Å². The van der Waals surface area contributed by atoms with Gasteiger partial charge >= 0.3 is 0 Å². The van der Waals surface area contributed by atoms with Crippen LogP contribution in [0.5, 0.6) is 11.5 Å². The normalized spacial score (nSPS) is 14.1. The molecule has 1 aliphatic rings. The first-order valence-corrected chi connectivity index (χ1v) is 13.8. The van der Waals surface area contributed by atoms with E-state index in [1.165, 1.54) is 17.9 Å². The number of nitrogens with one attached hydrogen (secondary N) is 1. The van der Waals surface area contributed by atoms with Crippen molar-refractivity contribution in [2.45, 2.75) is 52.7 Å². The lowest BCUT2D eigenvalue weighted by molar-refractivity contribution is -0.139. The van der Waals surface area contributed by atoms with E-state index in [-0.39, 0.29) is 36.7 Å². The van der Waals surface area contributed by atoms with E-state index in [2.05, 4.69) is 5.32 Å². The fraction of sp³-hybridized carbons (Fsp3) is 0.440. The number of amides is 2. The molecule has 2 aromatic carbocycles. The first-order chi connectivity index (χ1) is 17.1. The molecule has 2 amide bonds. The summed E-state index contributed by atoms with van der Waals surface area (Å²) in [6.07, 6.45) is 0.729. The van der Waals surface area contributed by atoms with Gasteiger partial charge in [-0.25, -0.2) is 8.42 Å². The average molecular weight is 538 g/mol. The van der Waals surface area contributed by atoms with Gasteiger partial charge in [0.1, 0.15) is 12.6 Å². The molecular weight excluding hydrogens is 506 g/mol. The molecular formula is C25H32ClN3O6S. The Balaban J connectivity index is 1.94. The molecule has 0 fully saturated rings. The highest BCUT2D eigenvalue weighted by Crippen LogP contribution is 2.36. The molecule has 1 N–H and O–H groups in total. The predicted molar refractivity (Wildman–Crippen MR) is 139 cm³/mol. The van der Waals surface area contributed by atoms with Crippen LogP contribution in [0.1, 0.15) is 39.7 Å². The number of sulfonamides is 1. The molecule has 0 bridgehead atoms. The Morgan fingerprint density at radius 1 is 1.08 bits per heavy atom. The second-order valence-electron chi connectivity index (χ2n) is 8.59. The zero-order valence-electron chi connectivity index (χ0n) is 20.9. The standard InChI is InChI=1S/C25H32ClN3O6S/c1-5-17(3)27-25(31)18(4)28(14-19-8-7-9-20(26)12-19)24(30)15-29(36(32,33)6-2)21-10-11-22-23(13-21)35-16-34-22/h7-13,17-18H,5-6,14-16H2,1-4H3,(H,27,31)/t17-,18+/m0/s1. The third-order valence-corrected chi connectivity index (χ3v) is 8.01. The second-order valence-corrected chi connectivity index (χ2v) is 11.2. The molecule has 36 heavy (non-hydrogen) atoms. The number of rotatable bonds is 11. The monoisotopic (exact) mass is 537 g/mol. The minimum absolute atomic E-state index is 0.0362. The number of hydrogen-bond acceptors (Lipinski definition) is 6. The summed E-state index contributed by atoms with van der Waals surface area (Å²) in [4.78, 5) is 28.0. The summed E-state index contributed by atoms with van der Waals surface area (Å²) in [5.41, 5.74) is 0.987. The molecule has 9 nitrogen and oxygen atoms in total. The van der Waals surface area contributed by atoms with Crippen molar-refractivity contribution in [2.24, 2.45) is 0 Å². The Labute approximate surface area is 217 Å². The fourth-order valence-corrected chi connectivity index (χ4v) is 4.91. The quantitative estimate of drug-likeness (QED) is 0.470. The molecule has 2 aromatic rings. The molecule has 0 unspecified atom stereocenters. The van der Waals surface area contributed by atoms with Crippen LogP contribution in [0.4, 0.5) is 5.69 Å². The molecule has 196 valence electrons.